The fraction of sp³-hybridized carbons (Fsp3) is 0.500. The molecule has 2 saturated heterocycles. The molecule has 2 aromatic carbocycles. The quantitative estimate of drug-likeness (QED) is 0.0344. The highest BCUT2D eigenvalue weighted by Gasteiger charge is 2.44. The first-order valence-corrected chi connectivity index (χ1v) is 19.9. The van der Waals surface area contributed by atoms with E-state index >= 15 is 0 Å². The van der Waals surface area contributed by atoms with Crippen molar-refractivity contribution in [3.05, 3.63) is 70.4 Å². The zero-order valence-corrected chi connectivity index (χ0v) is 32.5. The maximum Gasteiger partial charge on any atom is 0.374 e. The van der Waals surface area contributed by atoms with Crippen molar-refractivity contribution in [1.29, 1.82) is 0 Å². The first-order valence-electron chi connectivity index (χ1n) is 18.2. The highest BCUT2D eigenvalue weighted by Crippen LogP contribution is 2.23. The number of β-amino-alcohol motifs (C(OH)–C–C–N with tert-alkyl or cyclic N) is 2. The molecule has 2 aliphatic heterocycles. The van der Waals surface area contributed by atoms with Crippen LogP contribution in [0.5, 0.6) is 0 Å². The molecule has 6 rings (SSSR count). The number of aliphatic hydroxyl groups is 3. The van der Waals surface area contributed by atoms with E-state index in [0.29, 0.717) is 0 Å². The minimum absolute atomic E-state index is 0.0945. The van der Waals surface area contributed by atoms with Crippen molar-refractivity contribution in [2.24, 2.45) is 0 Å². The van der Waals surface area contributed by atoms with Crippen LogP contribution in [0.3, 0.4) is 0 Å². The Hall–Kier alpha value is -3.63. The van der Waals surface area contributed by atoms with E-state index in [0.717, 1.165) is 91.4 Å². The molecular weight excluding hydrogens is 773 g/mol. The van der Waals surface area contributed by atoms with Crippen molar-refractivity contribution in [1.82, 2.24) is 9.80 Å². The molecule has 4 heterocycles. The van der Waals surface area contributed by atoms with E-state index in [2.05, 4.69) is 83.8 Å². The molecular formula is C38H50N2O14S2. The molecule has 2 fully saturated rings. The van der Waals surface area contributed by atoms with Gasteiger partial charge in [0.15, 0.2) is 5.60 Å². The van der Waals surface area contributed by atoms with Crippen LogP contribution < -0.4 is 0 Å². The fourth-order valence-electron chi connectivity index (χ4n) is 5.99. The third-order valence-corrected chi connectivity index (χ3v) is 10.8. The second-order valence-corrected chi connectivity index (χ2v) is 15.4. The summed E-state index contributed by atoms with van der Waals surface area (Å²) in [6.45, 7) is 8.62. The van der Waals surface area contributed by atoms with Gasteiger partial charge in [0.2, 0.25) is 0 Å². The van der Waals surface area contributed by atoms with Crippen LogP contribution in [0.2, 0.25) is 0 Å². The molecule has 2 aromatic heterocycles. The minimum atomic E-state index is -2.83. The van der Waals surface area contributed by atoms with Gasteiger partial charge in [0.25, 0.3) is 0 Å². The number of carbonyl (C=O) groups excluding carboxylic acids is 3. The third-order valence-electron chi connectivity index (χ3n) is 9.05. The number of thiophene rings is 2. The second-order valence-electron chi connectivity index (χ2n) is 13.5. The summed E-state index contributed by atoms with van der Waals surface area (Å²) in [4.78, 5) is 46.0. The Morgan fingerprint density at radius 2 is 1.07 bits per heavy atom. The van der Waals surface area contributed by atoms with Crippen LogP contribution in [0.25, 0.3) is 20.2 Å². The second kappa shape index (κ2) is 23.6. The zero-order valence-electron chi connectivity index (χ0n) is 30.9. The molecule has 56 heavy (non-hydrogen) atoms. The van der Waals surface area contributed by atoms with E-state index in [1.54, 1.807) is 22.7 Å². The van der Waals surface area contributed by atoms with Crippen LogP contribution in [0.15, 0.2) is 59.3 Å². The molecule has 16 nitrogen and oxygen atoms in total. The van der Waals surface area contributed by atoms with E-state index in [4.69, 9.17) is 25.2 Å². The number of ether oxygens (including phenoxy) is 2. The predicted molar refractivity (Wildman–Crippen MR) is 207 cm³/mol. The summed E-state index contributed by atoms with van der Waals surface area (Å²) >= 11 is 3.58. The van der Waals surface area contributed by atoms with Gasteiger partial charge in [0.05, 0.1) is 38.3 Å². The van der Waals surface area contributed by atoms with E-state index in [1.807, 2.05) is 0 Å². The number of aliphatic hydroxyl groups excluding tert-OH is 2. The summed E-state index contributed by atoms with van der Waals surface area (Å²) in [5, 5.41) is 58.5. The Kier molecular flexibility index (Phi) is 19.0. The topological polar surface area (TPSA) is 225 Å². The number of hydrogen-bond acceptors (Lipinski definition) is 18. The molecule has 0 spiro atoms. The lowest BCUT2D eigenvalue weighted by atomic mass is 9.96. The van der Waals surface area contributed by atoms with Crippen molar-refractivity contribution in [3.8, 4) is 0 Å². The summed E-state index contributed by atoms with van der Waals surface area (Å²) < 4.78 is 14.1. The molecule has 2 aliphatic rings. The summed E-state index contributed by atoms with van der Waals surface area (Å²) in [5.41, 5.74) is -0.127. The molecule has 6 N–H and O–H groups in total. The molecule has 0 aliphatic carbocycles. The monoisotopic (exact) mass is 822 g/mol. The summed E-state index contributed by atoms with van der Waals surface area (Å²) in [7, 11) is 0. The Bertz CT molecular complexity index is 1670. The predicted octanol–water partition coefficient (Wildman–Crippen LogP) is 3.60. The van der Waals surface area contributed by atoms with E-state index in [-0.39, 0.29) is 12.2 Å². The molecule has 18 heteroatoms. The molecule has 0 amide bonds. The number of nitrogens with zero attached hydrogens (tertiary/aromatic N) is 2. The molecule has 0 unspecified atom stereocenters. The van der Waals surface area contributed by atoms with Crippen LogP contribution in [0.4, 0.5) is 0 Å². The molecule has 0 atom stereocenters. The Morgan fingerprint density at radius 3 is 1.45 bits per heavy atom. The minimum Gasteiger partial charge on any atom is -0.390 e. The lowest BCUT2D eigenvalue weighted by Crippen LogP contribution is -2.50. The number of rotatable bonds is 19. The molecule has 0 saturated carbocycles. The number of benzene rings is 2. The molecule has 0 bridgehead atoms. The van der Waals surface area contributed by atoms with E-state index in [1.165, 1.54) is 31.3 Å². The Morgan fingerprint density at radius 1 is 0.643 bits per heavy atom. The highest BCUT2D eigenvalue weighted by molar-refractivity contribution is 7.17. The van der Waals surface area contributed by atoms with E-state index in [9.17, 15) is 29.7 Å². The lowest BCUT2D eigenvalue weighted by molar-refractivity contribution is -0.263. The maximum atomic E-state index is 10.8. The average Bonchev–Trinajstić information content (AvgIpc) is 3.85. The highest BCUT2D eigenvalue weighted by atomic mass is 32.1. The van der Waals surface area contributed by atoms with Crippen molar-refractivity contribution < 1.29 is 69.6 Å². The van der Waals surface area contributed by atoms with Crippen molar-refractivity contribution in [3.63, 3.8) is 0 Å². The summed E-state index contributed by atoms with van der Waals surface area (Å²) in [6.07, 6.45) is 1.48. The van der Waals surface area contributed by atoms with Crippen molar-refractivity contribution in [2.45, 2.75) is 56.3 Å². The average molecular weight is 823 g/mol. The number of carbonyl (C=O) groups is 3. The SMILES string of the molecule is O=C(CC(O)(CC(=O)OO)C(=O)OO)OO.OC1CN(CCCOCCc2ccc3sccc3c2)C1.OC1CN(CCCOCCc2ccc3sccc3c2)C1. The number of fused-ring (bicyclic) bond motifs is 2. The largest absolute Gasteiger partial charge is 0.390 e. The first-order chi connectivity index (χ1) is 27.0. The van der Waals surface area contributed by atoms with Crippen molar-refractivity contribution in [2.75, 3.05) is 65.7 Å². The standard InChI is InChI=1S/2C16H21NO2S.C6H8O10/c2*18-15-11-17(12-15)6-1-7-19-8-4-13-2-3-16-14(10-13)5-9-20-16;7-3(14-11)1-6(10,5(9)16-13)2-4(8)15-12/h2*2-3,5,9-10,15,18H,1,4,6-8,11-12H2;10-13H,1-2H2. The Balaban J connectivity index is 0.000000188. The van der Waals surface area contributed by atoms with Gasteiger partial charge < -0.3 is 34.6 Å². The first kappa shape index (κ1) is 45.1. The number of hydrogen-bond donors (Lipinski definition) is 6. The Labute approximate surface area is 331 Å². The van der Waals surface area contributed by atoms with Gasteiger partial charge in [-0.3, -0.25) is 14.7 Å². The fourth-order valence-corrected chi connectivity index (χ4v) is 7.53. The van der Waals surface area contributed by atoms with Crippen LogP contribution in [-0.2, 0) is 51.4 Å². The smallest absolute Gasteiger partial charge is 0.374 e. The van der Waals surface area contributed by atoms with Gasteiger partial charge in [0.1, 0.15) is 0 Å². The van der Waals surface area contributed by atoms with E-state index < -0.39 is 36.4 Å². The van der Waals surface area contributed by atoms with Gasteiger partial charge in [-0.2, -0.15) is 15.8 Å². The summed E-state index contributed by atoms with van der Waals surface area (Å²) in [5.74, 6) is -4.71. The summed E-state index contributed by atoms with van der Waals surface area (Å²) in [6, 6.07) is 17.7. The molecule has 308 valence electrons. The molecule has 4 aromatic rings. The maximum absolute atomic E-state index is 10.8. The lowest BCUT2D eigenvalue weighted by Gasteiger charge is -2.35. The van der Waals surface area contributed by atoms with Crippen molar-refractivity contribution >= 4 is 60.8 Å². The van der Waals surface area contributed by atoms with Gasteiger partial charge in [-0.15, -0.1) is 22.7 Å². The normalized spacial score (nSPS) is 14.9. The van der Waals surface area contributed by atoms with Gasteiger partial charge in [-0.05, 0) is 82.6 Å². The third kappa shape index (κ3) is 15.0. The van der Waals surface area contributed by atoms with Crippen LogP contribution in [0.1, 0.15) is 36.8 Å². The van der Waals surface area contributed by atoms with Crippen LogP contribution in [-0.4, -0.2) is 142 Å². The number of likely N-dealkylation sites (tertiary alicyclic amines) is 2. The zero-order chi connectivity index (χ0) is 40.3. The van der Waals surface area contributed by atoms with Crippen LogP contribution >= 0.6 is 22.7 Å². The molecule has 0 radical (unpaired) electrons. The van der Waals surface area contributed by atoms with Gasteiger partial charge in [-0.1, -0.05) is 24.3 Å². The van der Waals surface area contributed by atoms with Gasteiger partial charge in [0, 0.05) is 61.9 Å². The van der Waals surface area contributed by atoms with Gasteiger partial charge in [-0.25, -0.2) is 14.4 Å². The van der Waals surface area contributed by atoms with Crippen LogP contribution in [0, 0.1) is 0 Å². The van der Waals surface area contributed by atoms with Gasteiger partial charge >= 0.3 is 17.9 Å².